The molecule has 1 unspecified atom stereocenters. The Balaban J connectivity index is 2.95. The van der Waals surface area contributed by atoms with E-state index in [2.05, 4.69) is 5.32 Å². The summed E-state index contributed by atoms with van der Waals surface area (Å²) in [5.41, 5.74) is 5.97. The third kappa shape index (κ3) is 4.26. The van der Waals surface area contributed by atoms with Crippen LogP contribution in [0.2, 0.25) is 0 Å². The highest BCUT2D eigenvalue weighted by Crippen LogP contribution is 2.20. The highest BCUT2D eigenvalue weighted by Gasteiger charge is 2.16. The summed E-state index contributed by atoms with van der Waals surface area (Å²) in [6.07, 6.45) is 0.673. The van der Waals surface area contributed by atoms with Crippen LogP contribution in [0.25, 0.3) is 0 Å². The van der Waals surface area contributed by atoms with Crippen LogP contribution in [0.5, 0.6) is 0 Å². The fourth-order valence-electron chi connectivity index (χ4n) is 1.65. The van der Waals surface area contributed by atoms with Crippen LogP contribution in [0.1, 0.15) is 6.42 Å². The first-order valence-electron chi connectivity index (χ1n) is 5.56. The van der Waals surface area contributed by atoms with Crippen LogP contribution < -0.4 is 16.2 Å². The second-order valence-corrected chi connectivity index (χ2v) is 5.44. The van der Waals surface area contributed by atoms with E-state index >= 15 is 0 Å². The zero-order valence-corrected chi connectivity index (χ0v) is 11.1. The molecule has 0 aliphatic heterocycles. The van der Waals surface area contributed by atoms with Crippen LogP contribution in [0.4, 0.5) is 5.69 Å². The molecule has 7 heteroatoms. The molecular formula is C11H19N3O3S. The lowest BCUT2D eigenvalue weighted by Gasteiger charge is -2.19. The molecule has 0 saturated carbocycles. The predicted octanol–water partition coefficient (Wildman–Crippen LogP) is 0.110. The molecule has 0 fully saturated rings. The molecule has 0 heterocycles. The van der Waals surface area contributed by atoms with Gasteiger partial charge in [-0.25, -0.2) is 13.6 Å². The first-order chi connectivity index (χ1) is 8.49. The van der Waals surface area contributed by atoms with Crippen molar-refractivity contribution in [1.29, 1.82) is 0 Å². The Hall–Kier alpha value is -1.15. The minimum Gasteiger partial charge on any atom is -0.383 e. The van der Waals surface area contributed by atoms with Gasteiger partial charge in [-0.15, -0.1) is 0 Å². The largest absolute Gasteiger partial charge is 0.383 e. The molecule has 5 N–H and O–H groups in total. The molecule has 0 aromatic heterocycles. The van der Waals surface area contributed by atoms with Gasteiger partial charge in [0.2, 0.25) is 10.0 Å². The SMILES string of the molecule is COCC(CCN)Nc1ccccc1S(N)(=O)=O. The molecule has 1 atom stereocenters. The van der Waals surface area contributed by atoms with Gasteiger partial charge in [0.05, 0.1) is 18.3 Å². The fourth-order valence-corrected chi connectivity index (χ4v) is 2.36. The standard InChI is InChI=1S/C11H19N3O3S/c1-17-8-9(6-7-12)14-10-4-2-3-5-11(10)18(13,15)16/h2-5,9,14H,6-8,12H2,1H3,(H2,13,15,16). The van der Waals surface area contributed by atoms with Crippen LogP contribution in [0, 0.1) is 0 Å². The lowest BCUT2D eigenvalue weighted by Crippen LogP contribution is -2.29. The maximum absolute atomic E-state index is 11.4. The number of rotatable bonds is 7. The van der Waals surface area contributed by atoms with E-state index in [1.807, 2.05) is 0 Å². The number of hydrogen-bond acceptors (Lipinski definition) is 5. The lowest BCUT2D eigenvalue weighted by molar-refractivity contribution is 0.183. The molecule has 0 radical (unpaired) electrons. The molecular weight excluding hydrogens is 254 g/mol. The van der Waals surface area contributed by atoms with Crippen molar-refractivity contribution in [3.63, 3.8) is 0 Å². The Kier molecular flexibility index (Phi) is 5.54. The fraction of sp³-hybridized carbons (Fsp3) is 0.455. The number of para-hydroxylation sites is 1. The molecule has 0 saturated heterocycles. The molecule has 0 bridgehead atoms. The van der Waals surface area contributed by atoms with Gasteiger partial charge in [-0.3, -0.25) is 0 Å². The normalized spacial score (nSPS) is 13.3. The van der Waals surface area contributed by atoms with Crippen molar-refractivity contribution < 1.29 is 13.2 Å². The van der Waals surface area contributed by atoms with Crippen molar-refractivity contribution in [1.82, 2.24) is 0 Å². The highest BCUT2D eigenvalue weighted by atomic mass is 32.2. The van der Waals surface area contributed by atoms with Crippen LogP contribution in [-0.2, 0) is 14.8 Å². The predicted molar refractivity (Wildman–Crippen MR) is 70.8 cm³/mol. The number of nitrogens with one attached hydrogen (secondary N) is 1. The van der Waals surface area contributed by atoms with E-state index < -0.39 is 10.0 Å². The minimum absolute atomic E-state index is 0.0529. The molecule has 0 aliphatic rings. The number of hydrogen-bond donors (Lipinski definition) is 3. The van der Waals surface area contributed by atoms with Gasteiger partial charge in [0.15, 0.2) is 0 Å². The van der Waals surface area contributed by atoms with Gasteiger partial charge in [-0.05, 0) is 25.1 Å². The van der Waals surface area contributed by atoms with E-state index in [1.54, 1.807) is 25.3 Å². The van der Waals surface area contributed by atoms with E-state index in [1.165, 1.54) is 6.07 Å². The first-order valence-corrected chi connectivity index (χ1v) is 7.11. The Labute approximate surface area is 107 Å². The quantitative estimate of drug-likeness (QED) is 0.653. The second-order valence-electron chi connectivity index (χ2n) is 3.92. The van der Waals surface area contributed by atoms with Crippen molar-refractivity contribution in [2.45, 2.75) is 17.4 Å². The van der Waals surface area contributed by atoms with Gasteiger partial charge in [-0.1, -0.05) is 12.1 Å². The molecule has 0 amide bonds. The van der Waals surface area contributed by atoms with Crippen molar-refractivity contribution >= 4 is 15.7 Å². The van der Waals surface area contributed by atoms with Gasteiger partial charge in [-0.2, -0.15) is 0 Å². The van der Waals surface area contributed by atoms with Crippen molar-refractivity contribution in [3.8, 4) is 0 Å². The van der Waals surface area contributed by atoms with Gasteiger partial charge in [0.25, 0.3) is 0 Å². The third-order valence-corrected chi connectivity index (χ3v) is 3.41. The Morgan fingerprint density at radius 2 is 2.06 bits per heavy atom. The van der Waals surface area contributed by atoms with Crippen LogP contribution in [0.15, 0.2) is 29.2 Å². The van der Waals surface area contributed by atoms with Crippen molar-refractivity contribution in [2.75, 3.05) is 25.6 Å². The maximum Gasteiger partial charge on any atom is 0.240 e. The zero-order valence-electron chi connectivity index (χ0n) is 10.3. The number of sulfonamides is 1. The summed E-state index contributed by atoms with van der Waals surface area (Å²) in [4.78, 5) is 0.0723. The second kappa shape index (κ2) is 6.69. The summed E-state index contributed by atoms with van der Waals surface area (Å²) in [5.74, 6) is 0. The van der Waals surface area contributed by atoms with E-state index in [9.17, 15) is 8.42 Å². The van der Waals surface area contributed by atoms with Crippen molar-refractivity contribution in [2.24, 2.45) is 10.9 Å². The van der Waals surface area contributed by atoms with E-state index in [-0.39, 0.29) is 10.9 Å². The van der Waals surface area contributed by atoms with Gasteiger partial charge in [0, 0.05) is 7.11 Å². The Morgan fingerprint density at radius 1 is 1.39 bits per heavy atom. The summed E-state index contributed by atoms with van der Waals surface area (Å²) in [6, 6.07) is 6.44. The zero-order chi connectivity index (χ0) is 13.6. The minimum atomic E-state index is -3.74. The number of ether oxygens (including phenoxy) is 1. The molecule has 18 heavy (non-hydrogen) atoms. The Bertz CT molecular complexity index is 470. The van der Waals surface area contributed by atoms with E-state index in [0.29, 0.717) is 25.3 Å². The third-order valence-electron chi connectivity index (χ3n) is 2.44. The maximum atomic E-state index is 11.4. The van der Waals surface area contributed by atoms with Gasteiger partial charge in [0.1, 0.15) is 4.90 Å². The molecule has 1 aromatic carbocycles. The number of nitrogens with two attached hydrogens (primary N) is 2. The topological polar surface area (TPSA) is 107 Å². The molecule has 0 spiro atoms. The number of benzene rings is 1. The summed E-state index contributed by atoms with van der Waals surface area (Å²) < 4.78 is 27.9. The summed E-state index contributed by atoms with van der Waals surface area (Å²) in [5, 5.41) is 8.25. The Morgan fingerprint density at radius 3 is 2.61 bits per heavy atom. The average Bonchev–Trinajstić information content (AvgIpc) is 2.29. The first kappa shape index (κ1) is 14.9. The summed E-state index contributed by atoms with van der Waals surface area (Å²) >= 11 is 0. The van der Waals surface area contributed by atoms with Crippen LogP contribution >= 0.6 is 0 Å². The smallest absolute Gasteiger partial charge is 0.240 e. The average molecular weight is 273 g/mol. The summed E-state index contributed by atoms with van der Waals surface area (Å²) in [6.45, 7) is 0.925. The summed E-state index contributed by atoms with van der Waals surface area (Å²) in [7, 11) is -2.16. The van der Waals surface area contributed by atoms with Crippen LogP contribution in [-0.4, -0.2) is 34.7 Å². The van der Waals surface area contributed by atoms with E-state index in [0.717, 1.165) is 0 Å². The lowest BCUT2D eigenvalue weighted by atomic mass is 10.2. The van der Waals surface area contributed by atoms with E-state index in [4.69, 9.17) is 15.6 Å². The van der Waals surface area contributed by atoms with Crippen molar-refractivity contribution in [3.05, 3.63) is 24.3 Å². The molecule has 1 aromatic rings. The number of methoxy groups -OCH3 is 1. The monoisotopic (exact) mass is 273 g/mol. The van der Waals surface area contributed by atoms with Crippen LogP contribution in [0.3, 0.4) is 0 Å². The van der Waals surface area contributed by atoms with Gasteiger partial charge < -0.3 is 15.8 Å². The molecule has 1 rings (SSSR count). The van der Waals surface area contributed by atoms with Gasteiger partial charge >= 0.3 is 0 Å². The number of anilines is 1. The highest BCUT2D eigenvalue weighted by molar-refractivity contribution is 7.89. The number of primary sulfonamides is 1. The molecule has 0 aliphatic carbocycles. The molecule has 6 nitrogen and oxygen atoms in total. The molecule has 102 valence electrons.